The van der Waals surface area contributed by atoms with Gasteiger partial charge in [-0.3, -0.25) is 9.59 Å². The van der Waals surface area contributed by atoms with Crippen molar-refractivity contribution in [1.29, 1.82) is 0 Å². The summed E-state index contributed by atoms with van der Waals surface area (Å²) in [6, 6.07) is 6.89. The van der Waals surface area contributed by atoms with Gasteiger partial charge in [-0.2, -0.15) is 0 Å². The van der Waals surface area contributed by atoms with E-state index in [1.807, 2.05) is 31.4 Å². The molecule has 0 bridgehead atoms. The van der Waals surface area contributed by atoms with E-state index in [1.165, 1.54) is 0 Å². The minimum atomic E-state index is -0.553. The summed E-state index contributed by atoms with van der Waals surface area (Å²) in [6.07, 6.45) is 0.868. The molecule has 2 amide bonds. The fourth-order valence-corrected chi connectivity index (χ4v) is 3.85. The largest absolute Gasteiger partial charge is 0.354 e. The van der Waals surface area contributed by atoms with Gasteiger partial charge in [0.25, 0.3) is 5.91 Å². The van der Waals surface area contributed by atoms with Crippen molar-refractivity contribution >= 4 is 34.9 Å². The number of aryl methyl sites for hydroxylation is 1. The number of rotatable bonds is 8. The normalized spacial score (nSPS) is 11.8. The van der Waals surface area contributed by atoms with Gasteiger partial charge in [0.05, 0.1) is 0 Å². The second kappa shape index (κ2) is 9.58. The molecule has 1 aromatic heterocycles. The standard InChI is InChI=1S/C18H23N3O2S2/c1-4-9-19-16(22)13(3)21-17(23)15-7-5-14(6-8-15)11-25-18-20-12(2)10-24-18/h5-8,10,13H,4,9,11H2,1-3H3,(H,19,22)(H,21,23). The Hall–Kier alpha value is -1.86. The van der Waals surface area contributed by atoms with Gasteiger partial charge in [0.15, 0.2) is 0 Å². The van der Waals surface area contributed by atoms with Crippen molar-refractivity contribution in [3.8, 4) is 0 Å². The lowest BCUT2D eigenvalue weighted by Crippen LogP contribution is -2.44. The van der Waals surface area contributed by atoms with Crippen molar-refractivity contribution in [1.82, 2.24) is 15.6 Å². The molecule has 1 heterocycles. The van der Waals surface area contributed by atoms with E-state index in [4.69, 9.17) is 0 Å². The first kappa shape index (κ1) is 19.5. The van der Waals surface area contributed by atoms with Crippen LogP contribution in [0, 0.1) is 6.92 Å². The number of thioether (sulfide) groups is 1. The number of hydrogen-bond donors (Lipinski definition) is 2. The molecule has 1 aromatic carbocycles. The molecule has 0 fully saturated rings. The van der Waals surface area contributed by atoms with E-state index in [-0.39, 0.29) is 11.8 Å². The van der Waals surface area contributed by atoms with Gasteiger partial charge in [0, 0.05) is 28.9 Å². The molecule has 0 saturated heterocycles. The average molecular weight is 378 g/mol. The molecule has 1 unspecified atom stereocenters. The molecule has 0 saturated carbocycles. The van der Waals surface area contributed by atoms with Gasteiger partial charge in [-0.15, -0.1) is 11.3 Å². The van der Waals surface area contributed by atoms with Gasteiger partial charge >= 0.3 is 0 Å². The number of amides is 2. The molecule has 0 aliphatic rings. The molecule has 2 aromatic rings. The first-order chi connectivity index (χ1) is 12.0. The Balaban J connectivity index is 1.85. The quantitative estimate of drug-likeness (QED) is 0.692. The number of aromatic nitrogens is 1. The van der Waals surface area contributed by atoms with Crippen LogP contribution in [-0.4, -0.2) is 29.4 Å². The van der Waals surface area contributed by atoms with Crippen LogP contribution in [0.5, 0.6) is 0 Å². The highest BCUT2D eigenvalue weighted by Crippen LogP contribution is 2.26. The Labute approximate surface area is 156 Å². The van der Waals surface area contributed by atoms with Gasteiger partial charge in [-0.1, -0.05) is 30.8 Å². The van der Waals surface area contributed by atoms with Crippen LogP contribution in [-0.2, 0) is 10.5 Å². The van der Waals surface area contributed by atoms with Crippen LogP contribution >= 0.6 is 23.1 Å². The number of benzene rings is 1. The molecule has 5 nitrogen and oxygen atoms in total. The maximum atomic E-state index is 12.2. The van der Waals surface area contributed by atoms with Crippen LogP contribution in [0.1, 0.15) is 41.9 Å². The van der Waals surface area contributed by atoms with Crippen molar-refractivity contribution < 1.29 is 9.59 Å². The Morgan fingerprint density at radius 2 is 2.00 bits per heavy atom. The van der Waals surface area contributed by atoms with Crippen LogP contribution in [0.25, 0.3) is 0 Å². The van der Waals surface area contributed by atoms with E-state index in [2.05, 4.69) is 15.6 Å². The molecular weight excluding hydrogens is 354 g/mol. The third-order valence-electron chi connectivity index (χ3n) is 3.47. The van der Waals surface area contributed by atoms with Gasteiger partial charge in [0.1, 0.15) is 10.4 Å². The van der Waals surface area contributed by atoms with E-state index < -0.39 is 6.04 Å². The van der Waals surface area contributed by atoms with Crippen LogP contribution in [0.15, 0.2) is 34.0 Å². The van der Waals surface area contributed by atoms with Crippen LogP contribution in [0.4, 0.5) is 0 Å². The molecule has 0 spiro atoms. The maximum Gasteiger partial charge on any atom is 0.251 e. The zero-order valence-electron chi connectivity index (χ0n) is 14.7. The molecule has 25 heavy (non-hydrogen) atoms. The number of carbonyl (C=O) groups is 2. The number of carbonyl (C=O) groups excluding carboxylic acids is 2. The fraction of sp³-hybridized carbons (Fsp3) is 0.389. The third kappa shape index (κ3) is 6.17. The molecule has 2 rings (SSSR count). The summed E-state index contributed by atoms with van der Waals surface area (Å²) in [7, 11) is 0. The SMILES string of the molecule is CCCNC(=O)C(C)NC(=O)c1ccc(CSc2nc(C)cs2)cc1. The summed E-state index contributed by atoms with van der Waals surface area (Å²) in [5.74, 6) is 0.404. The summed E-state index contributed by atoms with van der Waals surface area (Å²) >= 11 is 3.33. The molecule has 7 heteroatoms. The zero-order valence-corrected chi connectivity index (χ0v) is 16.3. The number of hydrogen-bond acceptors (Lipinski definition) is 5. The molecule has 2 N–H and O–H groups in total. The highest BCUT2D eigenvalue weighted by atomic mass is 32.2. The average Bonchev–Trinajstić information content (AvgIpc) is 3.03. The lowest BCUT2D eigenvalue weighted by atomic mass is 10.1. The molecule has 1 atom stereocenters. The van der Waals surface area contributed by atoms with Crippen molar-refractivity contribution in [3.05, 3.63) is 46.5 Å². The minimum absolute atomic E-state index is 0.165. The molecule has 134 valence electrons. The van der Waals surface area contributed by atoms with E-state index in [9.17, 15) is 9.59 Å². The van der Waals surface area contributed by atoms with Gasteiger partial charge in [-0.25, -0.2) is 4.98 Å². The Bertz CT molecular complexity index is 713. The fourth-order valence-electron chi connectivity index (χ4n) is 2.04. The van der Waals surface area contributed by atoms with Crippen molar-refractivity contribution in [2.45, 2.75) is 43.3 Å². The van der Waals surface area contributed by atoms with Gasteiger partial charge in [-0.05, 0) is 38.0 Å². The summed E-state index contributed by atoms with van der Waals surface area (Å²) in [4.78, 5) is 28.5. The predicted octanol–water partition coefficient (Wildman–Crippen LogP) is 3.39. The minimum Gasteiger partial charge on any atom is -0.354 e. The highest BCUT2D eigenvalue weighted by molar-refractivity contribution is 8.00. The maximum absolute atomic E-state index is 12.2. The molecule has 0 aliphatic carbocycles. The number of nitrogens with zero attached hydrogens (tertiary/aromatic N) is 1. The van der Waals surface area contributed by atoms with Gasteiger partial charge < -0.3 is 10.6 Å². The first-order valence-corrected chi connectivity index (χ1v) is 10.1. The summed E-state index contributed by atoms with van der Waals surface area (Å²) < 4.78 is 1.05. The van der Waals surface area contributed by atoms with Crippen molar-refractivity contribution in [2.75, 3.05) is 6.54 Å². The third-order valence-corrected chi connectivity index (χ3v) is 5.68. The van der Waals surface area contributed by atoms with Crippen LogP contribution in [0.3, 0.4) is 0 Å². The first-order valence-electron chi connectivity index (χ1n) is 8.22. The summed E-state index contributed by atoms with van der Waals surface area (Å²) in [6.45, 7) is 6.27. The second-order valence-corrected chi connectivity index (χ2v) is 7.81. The monoisotopic (exact) mass is 377 g/mol. The smallest absolute Gasteiger partial charge is 0.251 e. The van der Waals surface area contributed by atoms with Crippen LogP contribution in [0.2, 0.25) is 0 Å². The van der Waals surface area contributed by atoms with E-state index in [1.54, 1.807) is 42.2 Å². The van der Waals surface area contributed by atoms with Crippen LogP contribution < -0.4 is 10.6 Å². The van der Waals surface area contributed by atoms with Gasteiger partial charge in [0.2, 0.25) is 5.91 Å². The highest BCUT2D eigenvalue weighted by Gasteiger charge is 2.15. The lowest BCUT2D eigenvalue weighted by molar-refractivity contribution is -0.122. The van der Waals surface area contributed by atoms with E-state index in [0.717, 1.165) is 27.8 Å². The summed E-state index contributed by atoms with van der Waals surface area (Å²) in [5, 5.41) is 7.53. The number of thiazole rings is 1. The number of nitrogens with one attached hydrogen (secondary N) is 2. The Morgan fingerprint density at radius 1 is 1.28 bits per heavy atom. The lowest BCUT2D eigenvalue weighted by Gasteiger charge is -2.14. The summed E-state index contributed by atoms with van der Waals surface area (Å²) in [5.41, 5.74) is 2.72. The molecule has 0 aliphatic heterocycles. The zero-order chi connectivity index (χ0) is 18.2. The van der Waals surface area contributed by atoms with Crippen molar-refractivity contribution in [2.24, 2.45) is 0 Å². The molecule has 0 radical (unpaired) electrons. The Kier molecular flexibility index (Phi) is 7.46. The second-order valence-electron chi connectivity index (χ2n) is 5.73. The Morgan fingerprint density at radius 3 is 2.60 bits per heavy atom. The topological polar surface area (TPSA) is 71.1 Å². The molecular formula is C18H23N3O2S2. The van der Waals surface area contributed by atoms with Crippen molar-refractivity contribution in [3.63, 3.8) is 0 Å². The predicted molar refractivity (Wildman–Crippen MR) is 103 cm³/mol. The van der Waals surface area contributed by atoms with E-state index >= 15 is 0 Å². The van der Waals surface area contributed by atoms with E-state index in [0.29, 0.717) is 12.1 Å².